The Hall–Kier alpha value is -9.53. The number of anilines is 1. The molecular weight excluding hydrogens is 1150 g/mol. The number of nitrogens with two attached hydrogens (primary N) is 1. The van der Waals surface area contributed by atoms with E-state index in [1.807, 2.05) is 79.9 Å². The lowest BCUT2D eigenvalue weighted by molar-refractivity contribution is -0.137. The van der Waals surface area contributed by atoms with Crippen molar-refractivity contribution >= 4 is 52.9 Å². The summed E-state index contributed by atoms with van der Waals surface area (Å²) in [7, 11) is 0. The first-order valence-electron chi connectivity index (χ1n) is 29.9. The average molecular weight is 1230 g/mol. The number of aromatic nitrogens is 6. The molecule has 4 aromatic heterocycles. The van der Waals surface area contributed by atoms with E-state index in [2.05, 4.69) is 53.8 Å². The second kappa shape index (κ2) is 34.3. The number of Topliss-reactive ketones (excluding diaryl/α,β-unsaturated/α-hetero) is 1. The molecule has 5 heterocycles. The molecule has 0 fully saturated rings. The molecule has 7 aromatic rings. The van der Waals surface area contributed by atoms with Crippen molar-refractivity contribution in [2.75, 3.05) is 71.3 Å². The molecular formula is C65H77N13O12. The van der Waals surface area contributed by atoms with Crippen LogP contribution in [0.2, 0.25) is 0 Å². The Labute approximate surface area is 521 Å². The normalized spacial score (nSPS) is 12.8. The summed E-state index contributed by atoms with van der Waals surface area (Å²) in [4.78, 5) is 107. The number of primary amides is 1. The highest BCUT2D eigenvalue weighted by molar-refractivity contribution is 6.12. The van der Waals surface area contributed by atoms with Crippen molar-refractivity contribution in [3.05, 3.63) is 156 Å². The van der Waals surface area contributed by atoms with Crippen LogP contribution in [0.25, 0.3) is 39.4 Å². The fourth-order valence-corrected chi connectivity index (χ4v) is 9.77. The molecule has 1 aliphatic rings. The second-order valence-electron chi connectivity index (χ2n) is 21.6. The van der Waals surface area contributed by atoms with Gasteiger partial charge in [0.1, 0.15) is 18.8 Å². The van der Waals surface area contributed by atoms with Gasteiger partial charge in [-0.25, -0.2) is 24.1 Å². The first-order chi connectivity index (χ1) is 43.7. The third-order valence-corrected chi connectivity index (χ3v) is 14.5. The van der Waals surface area contributed by atoms with Crippen LogP contribution in [0.4, 0.5) is 15.3 Å². The predicted octanol–water partition coefficient (Wildman–Crippen LogP) is 6.36. The number of carbonyl (C=O) groups excluding carboxylic acids is 7. The van der Waals surface area contributed by atoms with Crippen molar-refractivity contribution in [2.24, 2.45) is 17.6 Å². The van der Waals surface area contributed by atoms with E-state index in [-0.39, 0.29) is 101 Å². The number of pyridine rings is 2. The second-order valence-corrected chi connectivity index (χ2v) is 21.6. The number of alkyl carbamates (subject to hydrolysis) is 1. The molecule has 90 heavy (non-hydrogen) atoms. The van der Waals surface area contributed by atoms with Crippen LogP contribution in [0.1, 0.15) is 67.7 Å². The topological polar surface area (TPSA) is 327 Å². The third-order valence-electron chi connectivity index (χ3n) is 14.5. The van der Waals surface area contributed by atoms with Crippen molar-refractivity contribution in [2.45, 2.75) is 78.7 Å². The van der Waals surface area contributed by atoms with E-state index in [1.165, 1.54) is 18.5 Å². The molecule has 0 saturated carbocycles. The number of aromatic amines is 1. The first-order valence-corrected chi connectivity index (χ1v) is 29.9. The molecule has 25 nitrogen and oxygen atoms in total. The summed E-state index contributed by atoms with van der Waals surface area (Å²) < 4.78 is 29.2. The minimum Gasteiger partial charge on any atom is -0.445 e. The van der Waals surface area contributed by atoms with Gasteiger partial charge in [-0.1, -0.05) is 80.6 Å². The number of amides is 7. The van der Waals surface area contributed by atoms with Crippen LogP contribution in [0.15, 0.2) is 128 Å². The number of nitrogens with zero attached hydrogens (tertiary/aromatic N) is 6. The monoisotopic (exact) mass is 1230 g/mol. The summed E-state index contributed by atoms with van der Waals surface area (Å²) in [6.45, 7) is 9.23. The molecule has 7 amide bonds. The zero-order valence-electron chi connectivity index (χ0n) is 50.7. The average Bonchev–Trinajstić information content (AvgIpc) is 1.69. The van der Waals surface area contributed by atoms with Crippen LogP contribution in [-0.4, -0.2) is 148 Å². The standard InChI is InChI=1S/C65H77N13O12/c1-43(2)60(76-57(80)25-28-86-30-32-88-34-35-89-33-31-87-29-27-77-58(81)23-24-59(77)82)54(79)36-48(10-7-26-68-64(66)84)63(83)73-51-20-15-46(16-21-51)41-90-65(85)69-37-45-13-17-47(18-14-45)52-11-5-4-9-49(52)38-67-39-55-74-61(50-19-22-56-70-42-71-78(56)40-50)62(75-55)53-12-6-8-44(3)72-53/h4-6,8-9,11-24,40,42-43,48,60,67H,7,10,25-39,41H2,1-3H3,(H,69,85)(H,73,83)(H,74,75)(H,76,80)(H3,66,68,84)/t48-,60+/m1/s1. The molecule has 8 N–H and O–H groups in total. The Morgan fingerprint density at radius 1 is 0.711 bits per heavy atom. The summed E-state index contributed by atoms with van der Waals surface area (Å²) in [5.41, 5.74) is 15.3. The van der Waals surface area contributed by atoms with E-state index in [0.29, 0.717) is 57.2 Å². The zero-order valence-corrected chi connectivity index (χ0v) is 50.7. The van der Waals surface area contributed by atoms with Gasteiger partial charge in [0.15, 0.2) is 11.4 Å². The number of hydrogen-bond acceptors (Lipinski definition) is 17. The first kappa shape index (κ1) is 66.4. The highest BCUT2D eigenvalue weighted by Gasteiger charge is 2.30. The largest absolute Gasteiger partial charge is 0.445 e. The van der Waals surface area contributed by atoms with Gasteiger partial charge in [-0.3, -0.25) is 33.9 Å². The number of aryl methyl sites for hydroxylation is 1. The van der Waals surface area contributed by atoms with Gasteiger partial charge in [0, 0.05) is 73.7 Å². The number of fused-ring (bicyclic) bond motifs is 1. The lowest BCUT2D eigenvalue weighted by Crippen LogP contribution is -2.45. The molecule has 0 spiro atoms. The molecule has 0 saturated heterocycles. The molecule has 0 radical (unpaired) electrons. The number of hydrogen-bond donors (Lipinski definition) is 7. The molecule has 3 aromatic carbocycles. The van der Waals surface area contributed by atoms with Crippen molar-refractivity contribution in [3.63, 3.8) is 0 Å². The smallest absolute Gasteiger partial charge is 0.407 e. The number of imide groups is 1. The van der Waals surface area contributed by atoms with E-state index in [0.717, 1.165) is 67.0 Å². The van der Waals surface area contributed by atoms with Gasteiger partial charge in [0.05, 0.1) is 89.1 Å². The van der Waals surface area contributed by atoms with Gasteiger partial charge in [-0.2, -0.15) is 5.10 Å². The molecule has 474 valence electrons. The van der Waals surface area contributed by atoms with Crippen molar-refractivity contribution in [1.82, 2.24) is 55.7 Å². The molecule has 0 unspecified atom stereocenters. The highest BCUT2D eigenvalue weighted by atomic mass is 16.6. The Morgan fingerprint density at radius 2 is 1.40 bits per heavy atom. The van der Waals surface area contributed by atoms with Gasteiger partial charge < -0.3 is 61.0 Å². The van der Waals surface area contributed by atoms with Crippen molar-refractivity contribution in [3.8, 4) is 33.8 Å². The van der Waals surface area contributed by atoms with E-state index < -0.39 is 30.0 Å². The number of nitrogens with one attached hydrogen (secondary N) is 6. The quantitative estimate of drug-likeness (QED) is 0.0165. The fourth-order valence-electron chi connectivity index (χ4n) is 9.77. The Morgan fingerprint density at radius 3 is 2.11 bits per heavy atom. The van der Waals surface area contributed by atoms with Gasteiger partial charge >= 0.3 is 12.1 Å². The predicted molar refractivity (Wildman–Crippen MR) is 334 cm³/mol. The third kappa shape index (κ3) is 20.5. The van der Waals surface area contributed by atoms with Crippen LogP contribution in [0.5, 0.6) is 0 Å². The van der Waals surface area contributed by atoms with Gasteiger partial charge in [0.25, 0.3) is 11.8 Å². The van der Waals surface area contributed by atoms with Crippen molar-refractivity contribution < 1.29 is 57.2 Å². The lowest BCUT2D eigenvalue weighted by Gasteiger charge is -2.24. The van der Waals surface area contributed by atoms with Crippen LogP contribution in [-0.2, 0) is 73.9 Å². The molecule has 0 bridgehead atoms. The maximum absolute atomic E-state index is 13.8. The van der Waals surface area contributed by atoms with Gasteiger partial charge in [0.2, 0.25) is 11.8 Å². The summed E-state index contributed by atoms with van der Waals surface area (Å²) in [6, 6.07) is 31.1. The fraction of sp³-hybridized carbons (Fsp3) is 0.369. The number of benzene rings is 3. The van der Waals surface area contributed by atoms with Gasteiger partial charge in [-0.05, 0) is 89.9 Å². The number of urea groups is 1. The maximum atomic E-state index is 13.8. The Bertz CT molecular complexity index is 3550. The molecule has 25 heteroatoms. The minimum atomic E-state index is -0.871. The number of rotatable bonds is 37. The Balaban J connectivity index is 0.731. The van der Waals surface area contributed by atoms with Crippen LogP contribution < -0.4 is 32.3 Å². The zero-order chi connectivity index (χ0) is 63.6. The van der Waals surface area contributed by atoms with Crippen LogP contribution in [0, 0.1) is 18.8 Å². The van der Waals surface area contributed by atoms with Crippen LogP contribution in [0.3, 0.4) is 0 Å². The highest BCUT2D eigenvalue weighted by Crippen LogP contribution is 2.30. The number of ketones is 1. The summed E-state index contributed by atoms with van der Waals surface area (Å²) in [5, 5.41) is 18.9. The van der Waals surface area contributed by atoms with Gasteiger partial charge in [-0.15, -0.1) is 0 Å². The van der Waals surface area contributed by atoms with E-state index >= 15 is 0 Å². The SMILES string of the molecule is Cc1cccc(-c2[nH]c(CNCc3ccccc3-c3ccc(CNC(=O)OCc4ccc(NC(=O)[C@H](CCCNC(N)=O)CC(=O)[C@@H](NC(=O)CCOCCOCCOCCOCCN5C(=O)C=CC5=O)C(C)C)cc4)cc3)nc2-c2ccc3ncnn3c2)n1. The van der Waals surface area contributed by atoms with E-state index in [4.69, 9.17) is 39.4 Å². The molecule has 1 aliphatic heterocycles. The summed E-state index contributed by atoms with van der Waals surface area (Å²) in [6.07, 6.45) is 5.69. The number of ether oxygens (including phenoxy) is 5. The summed E-state index contributed by atoms with van der Waals surface area (Å²) in [5.74, 6) is -2.18. The molecule has 2 atom stereocenters. The molecule has 0 aliphatic carbocycles. The molecule has 8 rings (SSSR count). The minimum absolute atomic E-state index is 0.00470. The van der Waals surface area contributed by atoms with E-state index in [1.54, 1.807) is 42.6 Å². The number of carbonyl (C=O) groups is 7. The summed E-state index contributed by atoms with van der Waals surface area (Å²) >= 11 is 0. The lowest BCUT2D eigenvalue weighted by atomic mass is 9.89. The van der Waals surface area contributed by atoms with E-state index in [9.17, 15) is 33.6 Å². The number of H-pyrrole nitrogens is 1. The van der Waals surface area contributed by atoms with Crippen LogP contribution >= 0.6 is 0 Å². The van der Waals surface area contributed by atoms with Crippen molar-refractivity contribution in [1.29, 1.82) is 0 Å². The number of imidazole rings is 1. The maximum Gasteiger partial charge on any atom is 0.407 e. The Kier molecular flexibility index (Phi) is 25.3.